The summed E-state index contributed by atoms with van der Waals surface area (Å²) < 4.78 is 0. The van der Waals surface area contributed by atoms with Crippen LogP contribution >= 0.6 is 24.8 Å². The second kappa shape index (κ2) is 11.1. The molecule has 2 aliphatic heterocycles. The van der Waals surface area contributed by atoms with Gasteiger partial charge < -0.3 is 15.5 Å². The number of amides is 1. The minimum atomic E-state index is -0.0140. The van der Waals surface area contributed by atoms with Crippen LogP contribution in [0, 0.1) is 0 Å². The Morgan fingerprint density at radius 3 is 2.37 bits per heavy atom. The predicted octanol–water partition coefficient (Wildman–Crippen LogP) is 2.84. The molecule has 0 radical (unpaired) electrons. The van der Waals surface area contributed by atoms with Gasteiger partial charge in [0.25, 0.3) is 5.91 Å². The number of likely N-dealkylation sites (tertiary alicyclic amines) is 1. The van der Waals surface area contributed by atoms with Crippen LogP contribution in [0.5, 0.6) is 0 Å². The molecule has 4 rings (SSSR count). The third-order valence-corrected chi connectivity index (χ3v) is 6.06. The van der Waals surface area contributed by atoms with Crippen LogP contribution in [0.25, 0.3) is 0 Å². The Morgan fingerprint density at radius 1 is 0.967 bits per heavy atom. The summed E-state index contributed by atoms with van der Waals surface area (Å²) in [5.41, 5.74) is 9.57. The summed E-state index contributed by atoms with van der Waals surface area (Å²) in [6, 6.07) is 18.4. The van der Waals surface area contributed by atoms with Crippen LogP contribution in [0.15, 0.2) is 54.6 Å². The van der Waals surface area contributed by atoms with Crippen LogP contribution < -0.4 is 5.73 Å². The predicted molar refractivity (Wildman–Crippen MR) is 127 cm³/mol. The summed E-state index contributed by atoms with van der Waals surface area (Å²) in [6.07, 6.45) is 0. The molecule has 1 amide bonds. The SMILES string of the molecule is CN1CCN(Cc2cccc(C(=O)N3C[C@@H](N)[C@H](c4ccccc4)C3)c2)CC1.Cl.Cl. The lowest BCUT2D eigenvalue weighted by Crippen LogP contribution is -2.43. The van der Waals surface area contributed by atoms with E-state index in [0.29, 0.717) is 13.1 Å². The van der Waals surface area contributed by atoms with E-state index < -0.39 is 0 Å². The van der Waals surface area contributed by atoms with Crippen molar-refractivity contribution in [2.24, 2.45) is 5.73 Å². The first-order chi connectivity index (χ1) is 13.6. The Labute approximate surface area is 192 Å². The zero-order chi connectivity index (χ0) is 19.5. The summed E-state index contributed by atoms with van der Waals surface area (Å²) in [5, 5.41) is 0. The minimum absolute atomic E-state index is 0. The molecule has 5 nitrogen and oxygen atoms in total. The van der Waals surface area contributed by atoms with Crippen molar-refractivity contribution in [3.63, 3.8) is 0 Å². The molecule has 2 fully saturated rings. The second-order valence-electron chi connectivity index (χ2n) is 8.17. The third kappa shape index (κ3) is 5.74. The Morgan fingerprint density at radius 2 is 1.67 bits per heavy atom. The molecule has 2 N–H and O–H groups in total. The summed E-state index contributed by atoms with van der Waals surface area (Å²) in [7, 11) is 2.17. The van der Waals surface area contributed by atoms with Gasteiger partial charge in [0, 0.05) is 63.3 Å². The van der Waals surface area contributed by atoms with Gasteiger partial charge in [0.15, 0.2) is 0 Å². The van der Waals surface area contributed by atoms with E-state index in [1.807, 2.05) is 35.2 Å². The molecule has 2 atom stereocenters. The molecule has 0 spiro atoms. The van der Waals surface area contributed by atoms with Gasteiger partial charge in [-0.25, -0.2) is 0 Å². The highest BCUT2D eigenvalue weighted by atomic mass is 35.5. The van der Waals surface area contributed by atoms with E-state index >= 15 is 0 Å². The fraction of sp³-hybridized carbons (Fsp3) is 0.435. The number of halogens is 2. The molecule has 0 aromatic heterocycles. The number of piperazine rings is 1. The molecule has 0 bridgehead atoms. The minimum Gasteiger partial charge on any atom is -0.336 e. The van der Waals surface area contributed by atoms with E-state index in [4.69, 9.17) is 5.73 Å². The molecule has 2 aromatic rings. The second-order valence-corrected chi connectivity index (χ2v) is 8.17. The van der Waals surface area contributed by atoms with Crippen LogP contribution in [0.2, 0.25) is 0 Å². The topological polar surface area (TPSA) is 52.8 Å². The molecule has 0 saturated carbocycles. The highest BCUT2D eigenvalue weighted by molar-refractivity contribution is 5.94. The van der Waals surface area contributed by atoms with Crippen LogP contribution in [-0.2, 0) is 6.54 Å². The molecule has 7 heteroatoms. The standard InChI is InChI=1S/C23H30N4O.2ClH/c1-25-10-12-26(13-11-25)15-18-6-5-9-20(14-18)23(28)27-16-21(22(24)17-27)19-7-3-2-4-8-19;;/h2-9,14,21-22H,10-13,15-17,24H2,1H3;2*1H/t21-,22+;;/m0../s1. The van der Waals surface area contributed by atoms with Crippen LogP contribution in [0.4, 0.5) is 0 Å². The number of nitrogens with zero attached hydrogens (tertiary/aromatic N) is 3. The number of carbonyl (C=O) groups is 1. The summed E-state index contributed by atoms with van der Waals surface area (Å²) >= 11 is 0. The third-order valence-electron chi connectivity index (χ3n) is 6.06. The van der Waals surface area contributed by atoms with Gasteiger partial charge in [-0.1, -0.05) is 42.5 Å². The van der Waals surface area contributed by atoms with Crippen LogP contribution in [0.3, 0.4) is 0 Å². The quantitative estimate of drug-likeness (QED) is 0.777. The maximum absolute atomic E-state index is 13.1. The first-order valence-corrected chi connectivity index (χ1v) is 10.2. The molecule has 30 heavy (non-hydrogen) atoms. The monoisotopic (exact) mass is 450 g/mol. The van der Waals surface area contributed by atoms with Crippen LogP contribution in [-0.4, -0.2) is 73.0 Å². The van der Waals surface area contributed by atoms with Gasteiger partial charge in [0.2, 0.25) is 0 Å². The zero-order valence-electron chi connectivity index (χ0n) is 17.4. The Balaban J connectivity index is 0.00000160. The van der Waals surface area contributed by atoms with E-state index in [9.17, 15) is 4.79 Å². The number of carbonyl (C=O) groups excluding carboxylic acids is 1. The molecule has 2 aliphatic rings. The molecular weight excluding hydrogens is 419 g/mol. The number of hydrogen-bond donors (Lipinski definition) is 1. The van der Waals surface area contributed by atoms with Gasteiger partial charge in [-0.15, -0.1) is 24.8 Å². The molecule has 2 saturated heterocycles. The Hall–Kier alpha value is -1.63. The molecule has 164 valence electrons. The lowest BCUT2D eigenvalue weighted by atomic mass is 9.95. The van der Waals surface area contributed by atoms with Crippen molar-refractivity contribution in [3.8, 4) is 0 Å². The van der Waals surface area contributed by atoms with Gasteiger partial charge in [-0.3, -0.25) is 9.69 Å². The van der Waals surface area contributed by atoms with Crippen LogP contribution in [0.1, 0.15) is 27.4 Å². The first kappa shape index (κ1) is 24.6. The molecule has 0 aliphatic carbocycles. The van der Waals surface area contributed by atoms with E-state index in [1.54, 1.807) is 0 Å². The fourth-order valence-electron chi connectivity index (χ4n) is 4.30. The number of benzene rings is 2. The number of hydrogen-bond acceptors (Lipinski definition) is 4. The lowest BCUT2D eigenvalue weighted by molar-refractivity contribution is 0.0789. The molecule has 0 unspecified atom stereocenters. The van der Waals surface area contributed by atoms with Gasteiger partial charge in [-0.05, 0) is 30.3 Å². The number of rotatable bonds is 4. The van der Waals surface area contributed by atoms with Crippen molar-refractivity contribution in [2.75, 3.05) is 46.3 Å². The van der Waals surface area contributed by atoms with Crippen molar-refractivity contribution in [1.82, 2.24) is 14.7 Å². The van der Waals surface area contributed by atoms with Crippen molar-refractivity contribution in [2.45, 2.75) is 18.5 Å². The Kier molecular flexibility index (Phi) is 9.13. The van der Waals surface area contributed by atoms with Crippen molar-refractivity contribution < 1.29 is 4.79 Å². The smallest absolute Gasteiger partial charge is 0.253 e. The zero-order valence-corrected chi connectivity index (χ0v) is 19.1. The van der Waals surface area contributed by atoms with E-state index in [1.165, 1.54) is 11.1 Å². The average Bonchev–Trinajstić information content (AvgIpc) is 3.12. The number of likely N-dealkylation sites (N-methyl/N-ethyl adjacent to an activating group) is 1. The van der Waals surface area contributed by atoms with Crippen molar-refractivity contribution in [3.05, 3.63) is 71.3 Å². The van der Waals surface area contributed by atoms with Crippen molar-refractivity contribution >= 4 is 30.7 Å². The molecular formula is C23H32Cl2N4O. The summed E-state index contributed by atoms with van der Waals surface area (Å²) in [6.45, 7) is 6.56. The summed E-state index contributed by atoms with van der Waals surface area (Å²) in [5.74, 6) is 0.299. The highest BCUT2D eigenvalue weighted by Crippen LogP contribution is 2.27. The maximum Gasteiger partial charge on any atom is 0.253 e. The van der Waals surface area contributed by atoms with E-state index in [2.05, 4.69) is 41.1 Å². The van der Waals surface area contributed by atoms with Crippen molar-refractivity contribution in [1.29, 1.82) is 0 Å². The normalized spacial score (nSPS) is 22.3. The van der Waals surface area contributed by atoms with E-state index in [0.717, 1.165) is 38.3 Å². The Bertz CT molecular complexity index is 812. The van der Waals surface area contributed by atoms with Gasteiger partial charge in [0.1, 0.15) is 0 Å². The fourth-order valence-corrected chi connectivity index (χ4v) is 4.30. The average molecular weight is 451 g/mol. The maximum atomic E-state index is 13.1. The van der Waals surface area contributed by atoms with Gasteiger partial charge in [0.05, 0.1) is 0 Å². The first-order valence-electron chi connectivity index (χ1n) is 10.2. The largest absolute Gasteiger partial charge is 0.336 e. The highest BCUT2D eigenvalue weighted by Gasteiger charge is 2.34. The van der Waals surface area contributed by atoms with Gasteiger partial charge >= 0.3 is 0 Å². The molecule has 2 heterocycles. The molecule has 2 aromatic carbocycles. The van der Waals surface area contributed by atoms with Gasteiger partial charge in [-0.2, -0.15) is 0 Å². The summed E-state index contributed by atoms with van der Waals surface area (Å²) in [4.78, 5) is 19.8. The number of nitrogens with two attached hydrogens (primary N) is 1. The van der Waals surface area contributed by atoms with E-state index in [-0.39, 0.29) is 42.7 Å². The lowest BCUT2D eigenvalue weighted by Gasteiger charge is -2.32.